The first-order chi connectivity index (χ1) is 14.0. The van der Waals surface area contributed by atoms with Gasteiger partial charge in [-0.3, -0.25) is 0 Å². The number of hydrogen-bond acceptors (Lipinski definition) is 6. The van der Waals surface area contributed by atoms with Crippen molar-refractivity contribution in [3.05, 3.63) is 66.1 Å². The van der Waals surface area contributed by atoms with Gasteiger partial charge in [0.15, 0.2) is 0 Å². The molecule has 29 heavy (non-hydrogen) atoms. The lowest BCUT2D eigenvalue weighted by Gasteiger charge is -2.33. The van der Waals surface area contributed by atoms with Gasteiger partial charge < -0.3 is 9.32 Å². The summed E-state index contributed by atoms with van der Waals surface area (Å²) in [4.78, 5) is 6.25. The van der Waals surface area contributed by atoms with E-state index in [1.807, 2.05) is 6.07 Å². The molecule has 1 saturated heterocycles. The summed E-state index contributed by atoms with van der Waals surface area (Å²) in [5.41, 5.74) is 0.670. The molecule has 2 aromatic carbocycles. The molecule has 0 aliphatic carbocycles. The Morgan fingerprint density at radius 1 is 1.00 bits per heavy atom. The van der Waals surface area contributed by atoms with Crippen LogP contribution in [-0.2, 0) is 10.0 Å². The van der Waals surface area contributed by atoms with Gasteiger partial charge in [-0.05, 0) is 36.4 Å². The zero-order valence-electron chi connectivity index (χ0n) is 15.3. The van der Waals surface area contributed by atoms with Gasteiger partial charge in [0.2, 0.25) is 27.5 Å². The van der Waals surface area contributed by atoms with Crippen molar-refractivity contribution < 1.29 is 17.2 Å². The van der Waals surface area contributed by atoms with Crippen LogP contribution in [0.1, 0.15) is 5.69 Å². The zero-order chi connectivity index (χ0) is 20.4. The number of rotatable bonds is 4. The number of nitrogens with zero attached hydrogens (tertiary/aromatic N) is 4. The molecular formula is C20H17FN4O3S. The van der Waals surface area contributed by atoms with Crippen molar-refractivity contribution in [1.82, 2.24) is 9.29 Å². The number of hydrogen-bond donors (Lipinski definition) is 0. The normalized spacial score (nSPS) is 15.2. The highest BCUT2D eigenvalue weighted by atomic mass is 32.2. The molecule has 0 amide bonds. The minimum absolute atomic E-state index is 0.115. The number of piperazine rings is 1. The second-order valence-corrected chi connectivity index (χ2v) is 8.43. The van der Waals surface area contributed by atoms with E-state index >= 15 is 0 Å². The number of sulfonamides is 1. The van der Waals surface area contributed by atoms with Gasteiger partial charge in [0.1, 0.15) is 11.9 Å². The van der Waals surface area contributed by atoms with E-state index in [0.717, 1.165) is 0 Å². The molecule has 1 aromatic heterocycles. The van der Waals surface area contributed by atoms with Gasteiger partial charge in [0.25, 0.3) is 0 Å². The van der Waals surface area contributed by atoms with Crippen LogP contribution < -0.4 is 4.90 Å². The number of benzene rings is 2. The maximum atomic E-state index is 13.1. The molecule has 7 nitrogen and oxygen atoms in total. The Labute approximate surface area is 167 Å². The second-order valence-electron chi connectivity index (χ2n) is 6.50. The van der Waals surface area contributed by atoms with E-state index in [2.05, 4.69) is 4.98 Å². The number of aromatic nitrogens is 1. The van der Waals surface area contributed by atoms with Gasteiger partial charge in [-0.15, -0.1) is 0 Å². The lowest BCUT2D eigenvalue weighted by Crippen LogP contribution is -2.48. The number of oxazole rings is 1. The van der Waals surface area contributed by atoms with E-state index < -0.39 is 10.0 Å². The maximum Gasteiger partial charge on any atom is 0.243 e. The van der Waals surface area contributed by atoms with E-state index in [1.54, 1.807) is 35.2 Å². The Morgan fingerprint density at radius 2 is 1.66 bits per heavy atom. The van der Waals surface area contributed by atoms with Gasteiger partial charge in [-0.25, -0.2) is 12.8 Å². The molecule has 0 bridgehead atoms. The van der Waals surface area contributed by atoms with Crippen LogP contribution in [0.3, 0.4) is 0 Å². The molecule has 0 radical (unpaired) electrons. The van der Waals surface area contributed by atoms with Gasteiger partial charge >= 0.3 is 0 Å². The van der Waals surface area contributed by atoms with Crippen molar-refractivity contribution in [3.8, 4) is 17.5 Å². The number of halogens is 1. The SMILES string of the molecule is N#Cc1nc(-c2ccc(F)cc2)oc1N1CCN(S(=O)(=O)c2ccccc2)CC1. The smallest absolute Gasteiger partial charge is 0.243 e. The summed E-state index contributed by atoms with van der Waals surface area (Å²) in [7, 11) is -3.57. The highest BCUT2D eigenvalue weighted by Crippen LogP contribution is 2.29. The Balaban J connectivity index is 1.53. The Hall–Kier alpha value is -3.22. The first kappa shape index (κ1) is 19.1. The van der Waals surface area contributed by atoms with Crippen molar-refractivity contribution in [3.63, 3.8) is 0 Å². The lowest BCUT2D eigenvalue weighted by molar-refractivity contribution is 0.374. The molecule has 1 aliphatic heterocycles. The first-order valence-electron chi connectivity index (χ1n) is 8.96. The fourth-order valence-electron chi connectivity index (χ4n) is 3.19. The third kappa shape index (κ3) is 3.72. The predicted molar refractivity (Wildman–Crippen MR) is 104 cm³/mol. The van der Waals surface area contributed by atoms with Gasteiger partial charge in [-0.1, -0.05) is 18.2 Å². The lowest BCUT2D eigenvalue weighted by atomic mass is 10.2. The largest absolute Gasteiger partial charge is 0.419 e. The minimum atomic E-state index is -3.57. The average molecular weight is 412 g/mol. The molecule has 0 spiro atoms. The first-order valence-corrected chi connectivity index (χ1v) is 10.4. The quantitative estimate of drug-likeness (QED) is 0.655. The average Bonchev–Trinajstić information content (AvgIpc) is 3.19. The van der Waals surface area contributed by atoms with Crippen LogP contribution >= 0.6 is 0 Å². The summed E-state index contributed by atoms with van der Waals surface area (Å²) in [6.07, 6.45) is 0. The van der Waals surface area contributed by atoms with Gasteiger partial charge in [0, 0.05) is 31.7 Å². The van der Waals surface area contributed by atoms with E-state index in [9.17, 15) is 18.1 Å². The number of nitriles is 1. The molecule has 2 heterocycles. The highest BCUT2D eigenvalue weighted by Gasteiger charge is 2.31. The van der Waals surface area contributed by atoms with E-state index in [0.29, 0.717) is 24.5 Å². The molecule has 0 N–H and O–H groups in total. The summed E-state index contributed by atoms with van der Waals surface area (Å²) in [5, 5.41) is 9.42. The molecule has 3 aromatic rings. The molecule has 9 heteroatoms. The van der Waals surface area contributed by atoms with E-state index in [4.69, 9.17) is 4.42 Å². The summed E-state index contributed by atoms with van der Waals surface area (Å²) in [6, 6.07) is 15.9. The molecule has 148 valence electrons. The van der Waals surface area contributed by atoms with Crippen molar-refractivity contribution in [1.29, 1.82) is 5.26 Å². The monoisotopic (exact) mass is 412 g/mol. The van der Waals surface area contributed by atoms with Gasteiger partial charge in [-0.2, -0.15) is 14.6 Å². The Morgan fingerprint density at radius 3 is 2.28 bits per heavy atom. The van der Waals surface area contributed by atoms with Crippen molar-refractivity contribution in [2.45, 2.75) is 4.90 Å². The molecule has 4 rings (SSSR count). The summed E-state index contributed by atoms with van der Waals surface area (Å²) in [6.45, 7) is 1.24. The molecule has 1 aliphatic rings. The van der Waals surface area contributed by atoms with Gasteiger partial charge in [0.05, 0.1) is 4.90 Å². The molecule has 0 unspecified atom stereocenters. The molecule has 0 saturated carbocycles. The van der Waals surface area contributed by atoms with Crippen molar-refractivity contribution >= 4 is 15.9 Å². The summed E-state index contributed by atoms with van der Waals surface area (Å²) >= 11 is 0. The summed E-state index contributed by atoms with van der Waals surface area (Å²) < 4.78 is 45.8. The molecule has 1 fully saturated rings. The molecule has 0 atom stereocenters. The Kier molecular flexibility index (Phi) is 5.05. The van der Waals surface area contributed by atoms with Crippen LogP contribution in [0.25, 0.3) is 11.5 Å². The third-order valence-corrected chi connectivity index (χ3v) is 6.63. The molecular weight excluding hydrogens is 395 g/mol. The van der Waals surface area contributed by atoms with E-state index in [1.165, 1.54) is 28.6 Å². The second kappa shape index (κ2) is 7.66. The van der Waals surface area contributed by atoms with E-state index in [-0.39, 0.29) is 35.4 Å². The van der Waals surface area contributed by atoms with Crippen LogP contribution in [-0.4, -0.2) is 43.9 Å². The van der Waals surface area contributed by atoms with Crippen molar-refractivity contribution in [2.24, 2.45) is 0 Å². The number of anilines is 1. The van der Waals surface area contributed by atoms with Crippen LogP contribution in [0.15, 0.2) is 63.9 Å². The zero-order valence-corrected chi connectivity index (χ0v) is 16.1. The van der Waals surface area contributed by atoms with Crippen molar-refractivity contribution in [2.75, 3.05) is 31.1 Å². The topological polar surface area (TPSA) is 90.4 Å². The van der Waals surface area contributed by atoms with Crippen LogP contribution in [0.5, 0.6) is 0 Å². The van der Waals surface area contributed by atoms with Crippen LogP contribution in [0.4, 0.5) is 10.3 Å². The summed E-state index contributed by atoms with van der Waals surface area (Å²) in [5.74, 6) is 0.135. The fraction of sp³-hybridized carbons (Fsp3) is 0.200. The third-order valence-electron chi connectivity index (χ3n) is 4.71. The minimum Gasteiger partial charge on any atom is -0.419 e. The maximum absolute atomic E-state index is 13.1. The van der Waals surface area contributed by atoms with Crippen LogP contribution in [0.2, 0.25) is 0 Å². The highest BCUT2D eigenvalue weighted by molar-refractivity contribution is 7.89. The fourth-order valence-corrected chi connectivity index (χ4v) is 4.63. The Bertz CT molecular complexity index is 1150. The van der Waals surface area contributed by atoms with Crippen LogP contribution in [0, 0.1) is 17.1 Å². The standard InChI is InChI=1S/C20H17FN4O3S/c21-16-8-6-15(7-9-16)19-23-18(14-22)20(28-19)24-10-12-25(13-11-24)29(26,27)17-4-2-1-3-5-17/h1-9H,10-13H2. The predicted octanol–water partition coefficient (Wildman–Crippen LogP) is 2.86.